The number of ether oxygens (including phenoxy) is 1. The van der Waals surface area contributed by atoms with Crippen LogP contribution in [0.5, 0.6) is 5.75 Å². The van der Waals surface area contributed by atoms with Gasteiger partial charge >= 0.3 is 5.97 Å². The quantitative estimate of drug-likeness (QED) is 0.851. The second kappa shape index (κ2) is 6.76. The first-order valence-corrected chi connectivity index (χ1v) is 6.84. The molecule has 0 bridgehead atoms. The van der Waals surface area contributed by atoms with E-state index in [1.54, 1.807) is 43.3 Å². The van der Waals surface area contributed by atoms with Crippen molar-refractivity contribution in [3.8, 4) is 5.75 Å². The number of hydrogen-bond donors (Lipinski definition) is 2. The third kappa shape index (κ3) is 3.85. The van der Waals surface area contributed by atoms with Crippen LogP contribution < -0.4 is 5.32 Å². The molecule has 0 aromatic heterocycles. The van der Waals surface area contributed by atoms with Gasteiger partial charge in [-0.3, -0.25) is 4.79 Å². The highest BCUT2D eigenvalue weighted by atomic mass is 16.5. The minimum atomic E-state index is -0.948. The van der Waals surface area contributed by atoms with E-state index >= 15 is 0 Å². The Bertz CT molecular complexity index is 682. The Morgan fingerprint density at radius 1 is 1.14 bits per heavy atom. The van der Waals surface area contributed by atoms with Gasteiger partial charge in [0, 0.05) is 5.69 Å². The Morgan fingerprint density at radius 2 is 1.82 bits per heavy atom. The van der Waals surface area contributed by atoms with Crippen LogP contribution in [0.25, 0.3) is 0 Å². The van der Waals surface area contributed by atoms with E-state index in [1.807, 2.05) is 6.07 Å². The number of nitrogens with one attached hydrogen (secondary N) is 1. The number of rotatable bonds is 4. The largest absolute Gasteiger partial charge is 0.508 e. The summed E-state index contributed by atoms with van der Waals surface area (Å²) in [4.78, 5) is 23.9. The number of benzene rings is 2. The lowest BCUT2D eigenvalue weighted by Gasteiger charge is -2.13. The van der Waals surface area contributed by atoms with Gasteiger partial charge in [0.05, 0.1) is 5.56 Å². The summed E-state index contributed by atoms with van der Waals surface area (Å²) in [7, 11) is 0. The van der Waals surface area contributed by atoms with Crippen LogP contribution in [0.2, 0.25) is 0 Å². The van der Waals surface area contributed by atoms with Crippen molar-refractivity contribution in [3.63, 3.8) is 0 Å². The highest BCUT2D eigenvalue weighted by Crippen LogP contribution is 2.18. The molecule has 0 fully saturated rings. The molecule has 0 spiro atoms. The number of aromatic hydroxyl groups is 1. The molecule has 5 nitrogen and oxygen atoms in total. The van der Waals surface area contributed by atoms with Gasteiger partial charge in [0.25, 0.3) is 5.91 Å². The third-order valence-electron chi connectivity index (χ3n) is 3.14. The molecule has 2 aromatic carbocycles. The summed E-state index contributed by atoms with van der Waals surface area (Å²) >= 11 is 0. The molecular formula is C17H17NO4. The van der Waals surface area contributed by atoms with E-state index < -0.39 is 18.0 Å². The standard InChI is InChI=1S/C17H17NO4/c1-11-8-9-13(10-15(11)19)17(21)22-12(2)16(20)18-14-6-4-3-5-7-14/h3-10,12,19H,1-2H3,(H,18,20). The fourth-order valence-electron chi connectivity index (χ4n) is 1.78. The van der Waals surface area contributed by atoms with Crippen molar-refractivity contribution >= 4 is 17.6 Å². The van der Waals surface area contributed by atoms with Crippen molar-refractivity contribution in [1.82, 2.24) is 0 Å². The summed E-state index contributed by atoms with van der Waals surface area (Å²) in [6.07, 6.45) is -0.948. The van der Waals surface area contributed by atoms with Crippen molar-refractivity contribution in [2.24, 2.45) is 0 Å². The number of hydrogen-bond acceptors (Lipinski definition) is 4. The monoisotopic (exact) mass is 299 g/mol. The highest BCUT2D eigenvalue weighted by molar-refractivity contribution is 5.97. The van der Waals surface area contributed by atoms with E-state index in [9.17, 15) is 14.7 Å². The Hall–Kier alpha value is -2.82. The second-order valence-corrected chi connectivity index (χ2v) is 4.90. The zero-order valence-electron chi connectivity index (χ0n) is 12.4. The molecular weight excluding hydrogens is 282 g/mol. The lowest BCUT2D eigenvalue weighted by atomic mass is 10.1. The molecule has 2 N–H and O–H groups in total. The van der Waals surface area contributed by atoms with Gasteiger partial charge in [0.2, 0.25) is 0 Å². The summed E-state index contributed by atoms with van der Waals surface area (Å²) in [6.45, 7) is 3.21. The smallest absolute Gasteiger partial charge is 0.339 e. The Balaban J connectivity index is 1.98. The topological polar surface area (TPSA) is 75.6 Å². The highest BCUT2D eigenvalue weighted by Gasteiger charge is 2.19. The molecule has 1 atom stereocenters. The van der Waals surface area contributed by atoms with Gasteiger partial charge in [-0.25, -0.2) is 4.79 Å². The predicted molar refractivity (Wildman–Crippen MR) is 82.8 cm³/mol. The number of aryl methyl sites for hydroxylation is 1. The summed E-state index contributed by atoms with van der Waals surface area (Å²) < 4.78 is 5.10. The maximum Gasteiger partial charge on any atom is 0.339 e. The fraction of sp³-hybridized carbons (Fsp3) is 0.176. The molecule has 1 amide bonds. The van der Waals surface area contributed by atoms with Gasteiger partial charge in [-0.05, 0) is 43.7 Å². The van der Waals surface area contributed by atoms with E-state index in [-0.39, 0.29) is 11.3 Å². The predicted octanol–water partition coefficient (Wildman–Crippen LogP) is 2.88. The molecule has 0 radical (unpaired) electrons. The molecule has 114 valence electrons. The van der Waals surface area contributed by atoms with Crippen LogP contribution in [-0.4, -0.2) is 23.1 Å². The van der Waals surface area contributed by atoms with Crippen molar-refractivity contribution in [2.45, 2.75) is 20.0 Å². The lowest BCUT2D eigenvalue weighted by molar-refractivity contribution is -0.123. The fourth-order valence-corrected chi connectivity index (χ4v) is 1.78. The SMILES string of the molecule is Cc1ccc(C(=O)OC(C)C(=O)Nc2ccccc2)cc1O. The summed E-state index contributed by atoms with van der Waals surface area (Å²) in [5.74, 6) is -1.07. The van der Waals surface area contributed by atoms with E-state index in [2.05, 4.69) is 5.32 Å². The number of carbonyl (C=O) groups excluding carboxylic acids is 2. The number of para-hydroxylation sites is 1. The van der Waals surface area contributed by atoms with Crippen LogP contribution in [0.15, 0.2) is 48.5 Å². The molecule has 0 heterocycles. The molecule has 1 unspecified atom stereocenters. The molecule has 0 aliphatic heterocycles. The van der Waals surface area contributed by atoms with Gasteiger partial charge in [-0.15, -0.1) is 0 Å². The van der Waals surface area contributed by atoms with Crippen molar-refractivity contribution in [2.75, 3.05) is 5.32 Å². The van der Waals surface area contributed by atoms with Crippen LogP contribution in [0.3, 0.4) is 0 Å². The van der Waals surface area contributed by atoms with E-state index in [0.29, 0.717) is 11.3 Å². The maximum absolute atomic E-state index is 12.0. The first-order chi connectivity index (χ1) is 10.5. The average molecular weight is 299 g/mol. The van der Waals surface area contributed by atoms with Crippen LogP contribution in [0.1, 0.15) is 22.8 Å². The summed E-state index contributed by atoms with van der Waals surface area (Å²) in [5, 5.41) is 12.3. The Kier molecular flexibility index (Phi) is 4.78. The molecule has 2 aromatic rings. The minimum Gasteiger partial charge on any atom is -0.508 e. The van der Waals surface area contributed by atoms with E-state index in [4.69, 9.17) is 4.74 Å². The first-order valence-electron chi connectivity index (χ1n) is 6.84. The van der Waals surface area contributed by atoms with E-state index in [0.717, 1.165) is 0 Å². The van der Waals surface area contributed by atoms with Crippen LogP contribution in [0.4, 0.5) is 5.69 Å². The zero-order valence-corrected chi connectivity index (χ0v) is 12.4. The van der Waals surface area contributed by atoms with Crippen LogP contribution >= 0.6 is 0 Å². The Labute approximate surface area is 128 Å². The molecule has 0 aliphatic carbocycles. The maximum atomic E-state index is 12.0. The summed E-state index contributed by atoms with van der Waals surface area (Å²) in [6, 6.07) is 13.4. The van der Waals surface area contributed by atoms with Gasteiger partial charge < -0.3 is 15.2 Å². The van der Waals surface area contributed by atoms with E-state index in [1.165, 1.54) is 13.0 Å². The second-order valence-electron chi connectivity index (χ2n) is 4.90. The van der Waals surface area contributed by atoms with Crippen molar-refractivity contribution < 1.29 is 19.4 Å². The average Bonchev–Trinajstić information content (AvgIpc) is 2.50. The van der Waals surface area contributed by atoms with Crippen molar-refractivity contribution in [1.29, 1.82) is 0 Å². The Morgan fingerprint density at radius 3 is 2.45 bits per heavy atom. The number of carbonyl (C=O) groups is 2. The van der Waals surface area contributed by atoms with Crippen LogP contribution in [-0.2, 0) is 9.53 Å². The molecule has 0 aliphatic rings. The number of phenols is 1. The van der Waals surface area contributed by atoms with Crippen LogP contribution in [0, 0.1) is 6.92 Å². The van der Waals surface area contributed by atoms with Gasteiger partial charge in [0.15, 0.2) is 6.10 Å². The van der Waals surface area contributed by atoms with Gasteiger partial charge in [0.1, 0.15) is 5.75 Å². The van der Waals surface area contributed by atoms with Crippen molar-refractivity contribution in [3.05, 3.63) is 59.7 Å². The number of anilines is 1. The number of esters is 1. The number of phenolic OH excluding ortho intramolecular Hbond substituents is 1. The summed E-state index contributed by atoms with van der Waals surface area (Å²) in [5.41, 5.74) is 1.48. The van der Waals surface area contributed by atoms with Gasteiger partial charge in [-0.1, -0.05) is 24.3 Å². The van der Waals surface area contributed by atoms with Gasteiger partial charge in [-0.2, -0.15) is 0 Å². The lowest BCUT2D eigenvalue weighted by Crippen LogP contribution is -2.29. The number of amides is 1. The molecule has 0 saturated carbocycles. The molecule has 0 saturated heterocycles. The zero-order chi connectivity index (χ0) is 16.1. The third-order valence-corrected chi connectivity index (χ3v) is 3.14. The molecule has 2 rings (SSSR count). The molecule has 22 heavy (non-hydrogen) atoms. The normalized spacial score (nSPS) is 11.5. The minimum absolute atomic E-state index is 0.0100. The molecule has 5 heteroatoms. The first kappa shape index (κ1) is 15.6.